The fourth-order valence-electron chi connectivity index (χ4n) is 0.722. The number of rotatable bonds is 4. The summed E-state index contributed by atoms with van der Waals surface area (Å²) < 4.78 is 9.84. The van der Waals surface area contributed by atoms with Gasteiger partial charge in [0.25, 0.3) is 0 Å². The predicted octanol–water partition coefficient (Wildman–Crippen LogP) is 1.20. The van der Waals surface area contributed by atoms with Gasteiger partial charge in [0.2, 0.25) is 0 Å². The van der Waals surface area contributed by atoms with E-state index >= 15 is 0 Å². The van der Waals surface area contributed by atoms with Crippen LogP contribution in [0.1, 0.15) is 5.56 Å². The van der Waals surface area contributed by atoms with E-state index in [1.807, 2.05) is 12.1 Å². The van der Waals surface area contributed by atoms with Crippen LogP contribution in [-0.2, 0) is 16.1 Å². The van der Waals surface area contributed by atoms with Gasteiger partial charge in [0.15, 0.2) is 0 Å². The van der Waals surface area contributed by atoms with Crippen LogP contribution in [0.5, 0.6) is 0 Å². The molecule has 0 amide bonds. The molecular weight excluding hydrogens is 142 g/mol. The fourth-order valence-corrected chi connectivity index (χ4v) is 0.722. The maximum absolute atomic E-state index is 5.12. The first-order valence-corrected chi connectivity index (χ1v) is 3.39. The molecule has 1 rings (SSSR count). The Labute approximate surface area is 66.0 Å². The van der Waals surface area contributed by atoms with Crippen LogP contribution in [0, 0.1) is 0 Å². The molecule has 11 heavy (non-hydrogen) atoms. The Morgan fingerprint density at radius 3 is 2.73 bits per heavy atom. The first kappa shape index (κ1) is 8.17. The largest absolute Gasteiger partial charge is 0.359 e. The molecule has 0 aliphatic rings. The summed E-state index contributed by atoms with van der Waals surface area (Å²) >= 11 is 0. The monoisotopic (exact) mass is 153 g/mol. The summed E-state index contributed by atoms with van der Waals surface area (Å²) in [6.45, 7) is 0.915. The van der Waals surface area contributed by atoms with Gasteiger partial charge in [-0.15, -0.1) is 0 Å². The van der Waals surface area contributed by atoms with Crippen molar-refractivity contribution in [3.8, 4) is 0 Å². The molecule has 0 fully saturated rings. The summed E-state index contributed by atoms with van der Waals surface area (Å²) in [4.78, 5) is 3.89. The van der Waals surface area contributed by atoms with Gasteiger partial charge in [-0.25, -0.2) is 0 Å². The summed E-state index contributed by atoms with van der Waals surface area (Å²) in [7, 11) is 1.60. The zero-order valence-electron chi connectivity index (χ0n) is 6.49. The predicted molar refractivity (Wildman–Crippen MR) is 40.9 cm³/mol. The Bertz CT molecular complexity index is 189. The molecule has 60 valence electrons. The summed E-state index contributed by atoms with van der Waals surface area (Å²) in [6.07, 6.45) is 3.48. The summed E-state index contributed by atoms with van der Waals surface area (Å²) in [5, 5.41) is 0. The molecule has 0 unspecified atom stereocenters. The topological polar surface area (TPSA) is 31.4 Å². The number of hydrogen-bond acceptors (Lipinski definition) is 3. The van der Waals surface area contributed by atoms with Crippen LogP contribution in [0.2, 0.25) is 0 Å². The van der Waals surface area contributed by atoms with Crippen LogP contribution in [0.3, 0.4) is 0 Å². The van der Waals surface area contributed by atoms with Crippen LogP contribution >= 0.6 is 0 Å². The van der Waals surface area contributed by atoms with E-state index in [0.717, 1.165) is 5.56 Å². The van der Waals surface area contributed by atoms with E-state index in [-0.39, 0.29) is 0 Å². The molecule has 3 heteroatoms. The quantitative estimate of drug-likeness (QED) is 0.481. The minimum atomic E-state index is 0.336. The maximum Gasteiger partial charge on any atom is 0.146 e. The highest BCUT2D eigenvalue weighted by molar-refractivity contribution is 5.07. The van der Waals surface area contributed by atoms with Crippen molar-refractivity contribution < 1.29 is 9.47 Å². The van der Waals surface area contributed by atoms with Crippen molar-refractivity contribution in [2.24, 2.45) is 0 Å². The van der Waals surface area contributed by atoms with Crippen molar-refractivity contribution in [2.75, 3.05) is 13.9 Å². The third-order valence-corrected chi connectivity index (χ3v) is 1.22. The van der Waals surface area contributed by atoms with Crippen molar-refractivity contribution in [1.29, 1.82) is 0 Å². The Balaban J connectivity index is 2.28. The molecule has 0 saturated heterocycles. The van der Waals surface area contributed by atoms with E-state index in [2.05, 4.69) is 4.98 Å². The second-order valence-electron chi connectivity index (χ2n) is 2.11. The van der Waals surface area contributed by atoms with Crippen LogP contribution < -0.4 is 0 Å². The molecule has 0 spiro atoms. The highest BCUT2D eigenvalue weighted by Gasteiger charge is 1.89. The molecule has 0 aliphatic heterocycles. The minimum absolute atomic E-state index is 0.336. The lowest BCUT2D eigenvalue weighted by atomic mass is 10.3. The van der Waals surface area contributed by atoms with Crippen molar-refractivity contribution in [1.82, 2.24) is 4.98 Å². The number of ether oxygens (including phenoxy) is 2. The van der Waals surface area contributed by atoms with Gasteiger partial charge in [-0.2, -0.15) is 0 Å². The Morgan fingerprint density at radius 1 is 1.36 bits per heavy atom. The molecule has 3 nitrogen and oxygen atoms in total. The maximum atomic E-state index is 5.12. The van der Waals surface area contributed by atoms with Gasteiger partial charge < -0.3 is 9.47 Å². The highest BCUT2D eigenvalue weighted by Crippen LogP contribution is 1.97. The van der Waals surface area contributed by atoms with Crippen LogP contribution in [0.25, 0.3) is 0 Å². The zero-order chi connectivity index (χ0) is 7.94. The van der Waals surface area contributed by atoms with Gasteiger partial charge in [0, 0.05) is 19.5 Å². The molecular formula is C8H11NO2. The lowest BCUT2D eigenvalue weighted by molar-refractivity contribution is -0.0390. The number of hydrogen-bond donors (Lipinski definition) is 0. The van der Waals surface area contributed by atoms with Gasteiger partial charge in [-0.3, -0.25) is 4.98 Å². The smallest absolute Gasteiger partial charge is 0.146 e. The van der Waals surface area contributed by atoms with Crippen molar-refractivity contribution in [2.45, 2.75) is 6.61 Å². The average molecular weight is 153 g/mol. The highest BCUT2D eigenvalue weighted by atomic mass is 16.7. The van der Waals surface area contributed by atoms with Gasteiger partial charge in [0.05, 0.1) is 6.61 Å². The third-order valence-electron chi connectivity index (χ3n) is 1.22. The first-order valence-electron chi connectivity index (χ1n) is 3.39. The van der Waals surface area contributed by atoms with Gasteiger partial charge in [-0.1, -0.05) is 0 Å². The fraction of sp³-hybridized carbons (Fsp3) is 0.375. The molecule has 0 saturated carbocycles. The van der Waals surface area contributed by atoms with Crippen molar-refractivity contribution in [3.05, 3.63) is 30.1 Å². The second kappa shape index (κ2) is 4.82. The van der Waals surface area contributed by atoms with E-state index in [4.69, 9.17) is 9.47 Å². The summed E-state index contributed by atoms with van der Waals surface area (Å²) in [6, 6.07) is 3.82. The van der Waals surface area contributed by atoms with Gasteiger partial charge >= 0.3 is 0 Å². The summed E-state index contributed by atoms with van der Waals surface area (Å²) in [5.74, 6) is 0. The van der Waals surface area contributed by atoms with E-state index < -0.39 is 0 Å². The lowest BCUT2D eigenvalue weighted by Gasteiger charge is -2.00. The Kier molecular flexibility index (Phi) is 3.58. The third kappa shape index (κ3) is 3.11. The normalized spacial score (nSPS) is 9.91. The van der Waals surface area contributed by atoms with E-state index in [1.54, 1.807) is 19.5 Å². The van der Waals surface area contributed by atoms with Crippen molar-refractivity contribution >= 4 is 0 Å². The van der Waals surface area contributed by atoms with Gasteiger partial charge in [0.1, 0.15) is 6.79 Å². The number of methoxy groups -OCH3 is 1. The zero-order valence-corrected chi connectivity index (χ0v) is 6.49. The molecule has 0 atom stereocenters. The molecule has 0 bridgehead atoms. The number of aromatic nitrogens is 1. The Hall–Kier alpha value is -0.930. The first-order chi connectivity index (χ1) is 5.43. The second-order valence-corrected chi connectivity index (χ2v) is 2.11. The van der Waals surface area contributed by atoms with E-state index in [0.29, 0.717) is 13.4 Å². The number of pyridine rings is 1. The summed E-state index contributed by atoms with van der Waals surface area (Å²) in [5.41, 5.74) is 1.11. The molecule has 1 aromatic rings. The molecule has 1 heterocycles. The van der Waals surface area contributed by atoms with E-state index in [9.17, 15) is 0 Å². The van der Waals surface area contributed by atoms with Crippen LogP contribution in [0.15, 0.2) is 24.5 Å². The van der Waals surface area contributed by atoms with Gasteiger partial charge in [-0.05, 0) is 17.7 Å². The molecule has 0 aromatic carbocycles. The molecule has 0 N–H and O–H groups in total. The SMILES string of the molecule is COCOCc1ccncc1. The minimum Gasteiger partial charge on any atom is -0.359 e. The lowest BCUT2D eigenvalue weighted by Crippen LogP contribution is -1.96. The standard InChI is InChI=1S/C8H11NO2/c1-10-7-11-6-8-2-4-9-5-3-8/h2-5H,6-7H2,1H3. The van der Waals surface area contributed by atoms with Crippen LogP contribution in [-0.4, -0.2) is 18.9 Å². The average Bonchev–Trinajstić information content (AvgIpc) is 2.07. The Morgan fingerprint density at radius 2 is 2.09 bits per heavy atom. The molecule has 0 radical (unpaired) electrons. The van der Waals surface area contributed by atoms with Crippen molar-refractivity contribution in [3.63, 3.8) is 0 Å². The van der Waals surface area contributed by atoms with Crippen LogP contribution in [0.4, 0.5) is 0 Å². The molecule has 0 aliphatic carbocycles. The van der Waals surface area contributed by atoms with E-state index in [1.165, 1.54) is 0 Å². The molecule has 1 aromatic heterocycles. The number of nitrogens with zero attached hydrogens (tertiary/aromatic N) is 1.